The molecule has 2 aromatic heterocycles. The molecule has 0 unspecified atom stereocenters. The van der Waals surface area contributed by atoms with Gasteiger partial charge in [0.2, 0.25) is 6.41 Å². The highest BCUT2D eigenvalue weighted by molar-refractivity contribution is 6.02. The van der Waals surface area contributed by atoms with Crippen LogP contribution in [0.15, 0.2) is 42.7 Å². The molecule has 1 aliphatic heterocycles. The van der Waals surface area contributed by atoms with Crippen LogP contribution in [0.3, 0.4) is 0 Å². The van der Waals surface area contributed by atoms with E-state index in [0.717, 1.165) is 35.0 Å². The van der Waals surface area contributed by atoms with Gasteiger partial charge in [-0.05, 0) is 45.0 Å². The molecule has 0 atom stereocenters. The number of hydrogen-bond donors (Lipinski definition) is 0. The fourth-order valence-electron chi connectivity index (χ4n) is 4.18. The maximum atomic E-state index is 13.4. The SMILES string of the molecule is Cc1ccc2c(c1)c1c(n2C(C)(C)C(=O)c2ccncc2)CCN(C=O)C1. The molecular formula is C22H23N3O2. The van der Waals surface area contributed by atoms with Crippen LogP contribution < -0.4 is 0 Å². The van der Waals surface area contributed by atoms with E-state index < -0.39 is 5.54 Å². The Morgan fingerprint density at radius 2 is 1.93 bits per heavy atom. The highest BCUT2D eigenvalue weighted by Gasteiger charge is 2.36. The van der Waals surface area contributed by atoms with Crippen molar-refractivity contribution >= 4 is 23.1 Å². The fourth-order valence-corrected chi connectivity index (χ4v) is 4.18. The summed E-state index contributed by atoms with van der Waals surface area (Å²) in [6, 6.07) is 9.86. The largest absolute Gasteiger partial charge is 0.340 e. The molecule has 1 amide bonds. The molecule has 0 N–H and O–H groups in total. The summed E-state index contributed by atoms with van der Waals surface area (Å²) in [6.45, 7) is 7.27. The van der Waals surface area contributed by atoms with Crippen molar-refractivity contribution in [1.82, 2.24) is 14.5 Å². The summed E-state index contributed by atoms with van der Waals surface area (Å²) in [5.74, 6) is 0.0583. The molecule has 5 heteroatoms. The smallest absolute Gasteiger partial charge is 0.210 e. The maximum absolute atomic E-state index is 13.4. The van der Waals surface area contributed by atoms with Crippen molar-refractivity contribution in [1.29, 1.82) is 0 Å². The lowest BCUT2D eigenvalue weighted by Crippen LogP contribution is -2.39. The lowest BCUT2D eigenvalue weighted by Gasteiger charge is -2.32. The number of ketones is 1. The zero-order valence-corrected chi connectivity index (χ0v) is 15.9. The molecule has 0 aliphatic carbocycles. The second-order valence-electron chi connectivity index (χ2n) is 7.73. The minimum Gasteiger partial charge on any atom is -0.340 e. The number of carbonyl (C=O) groups is 2. The van der Waals surface area contributed by atoms with Gasteiger partial charge in [-0.25, -0.2) is 0 Å². The van der Waals surface area contributed by atoms with E-state index in [2.05, 4.69) is 34.7 Å². The number of Topliss-reactive ketones (excluding diaryl/α,β-unsaturated/α-hetero) is 1. The lowest BCUT2D eigenvalue weighted by atomic mass is 9.92. The molecule has 0 spiro atoms. The zero-order valence-electron chi connectivity index (χ0n) is 15.9. The van der Waals surface area contributed by atoms with Crippen LogP contribution in [-0.4, -0.2) is 33.2 Å². The van der Waals surface area contributed by atoms with Gasteiger partial charge in [0, 0.05) is 59.6 Å². The predicted octanol–water partition coefficient (Wildman–Crippen LogP) is 3.48. The molecule has 0 saturated carbocycles. The lowest BCUT2D eigenvalue weighted by molar-refractivity contribution is -0.118. The molecule has 4 rings (SSSR count). The van der Waals surface area contributed by atoms with E-state index in [9.17, 15) is 9.59 Å². The molecule has 0 saturated heterocycles. The second-order valence-corrected chi connectivity index (χ2v) is 7.73. The molecule has 138 valence electrons. The Kier molecular flexibility index (Phi) is 4.10. The molecule has 3 heterocycles. The standard InChI is InChI=1S/C22H23N3O2/c1-15-4-5-19-17(12-15)18-13-24(14-26)11-8-20(18)25(19)22(2,3)21(27)16-6-9-23-10-7-16/h4-7,9-10,12,14H,8,11,13H2,1-3H3. The summed E-state index contributed by atoms with van der Waals surface area (Å²) in [5.41, 5.74) is 4.44. The number of aromatic nitrogens is 2. The Morgan fingerprint density at radius 1 is 1.19 bits per heavy atom. The quantitative estimate of drug-likeness (QED) is 0.528. The van der Waals surface area contributed by atoms with E-state index in [-0.39, 0.29) is 5.78 Å². The number of benzene rings is 1. The van der Waals surface area contributed by atoms with Crippen molar-refractivity contribution in [3.63, 3.8) is 0 Å². The summed E-state index contributed by atoms with van der Waals surface area (Å²) in [7, 11) is 0. The number of pyridine rings is 1. The van der Waals surface area contributed by atoms with Crippen LogP contribution >= 0.6 is 0 Å². The minimum absolute atomic E-state index is 0.0583. The predicted molar refractivity (Wildman–Crippen MR) is 105 cm³/mol. The van der Waals surface area contributed by atoms with E-state index in [1.165, 1.54) is 5.56 Å². The summed E-state index contributed by atoms with van der Waals surface area (Å²) < 4.78 is 2.18. The Balaban J connectivity index is 1.94. The van der Waals surface area contributed by atoms with Crippen molar-refractivity contribution in [2.75, 3.05) is 6.54 Å². The molecular weight excluding hydrogens is 338 g/mol. The number of aryl methyl sites for hydroxylation is 1. The first kappa shape index (κ1) is 17.5. The van der Waals surface area contributed by atoms with Gasteiger partial charge in [-0.3, -0.25) is 14.6 Å². The molecule has 0 fully saturated rings. The van der Waals surface area contributed by atoms with E-state index in [1.54, 1.807) is 29.4 Å². The summed E-state index contributed by atoms with van der Waals surface area (Å²) in [6.07, 6.45) is 4.96. The normalized spacial score (nSPS) is 14.3. The number of amides is 1. The highest BCUT2D eigenvalue weighted by Crippen LogP contribution is 2.37. The third-order valence-electron chi connectivity index (χ3n) is 5.54. The van der Waals surface area contributed by atoms with Crippen LogP contribution in [0.5, 0.6) is 0 Å². The molecule has 1 aromatic carbocycles. The summed E-state index contributed by atoms with van der Waals surface area (Å²) >= 11 is 0. The third kappa shape index (κ3) is 2.74. The van der Waals surface area contributed by atoms with Crippen molar-refractivity contribution in [2.45, 2.75) is 39.3 Å². The average molecular weight is 361 g/mol. The van der Waals surface area contributed by atoms with Gasteiger partial charge >= 0.3 is 0 Å². The molecule has 0 radical (unpaired) electrons. The number of nitrogens with zero attached hydrogens (tertiary/aromatic N) is 3. The van der Waals surface area contributed by atoms with Gasteiger partial charge in [0.25, 0.3) is 0 Å². The zero-order chi connectivity index (χ0) is 19.2. The Labute approximate surface area is 158 Å². The number of hydrogen-bond acceptors (Lipinski definition) is 3. The maximum Gasteiger partial charge on any atom is 0.210 e. The third-order valence-corrected chi connectivity index (χ3v) is 5.54. The van der Waals surface area contributed by atoms with Crippen LogP contribution in [-0.2, 0) is 23.3 Å². The summed E-state index contributed by atoms with van der Waals surface area (Å²) in [4.78, 5) is 30.5. The molecule has 1 aliphatic rings. The van der Waals surface area contributed by atoms with Gasteiger partial charge < -0.3 is 9.47 Å². The average Bonchev–Trinajstić information content (AvgIpc) is 3.01. The van der Waals surface area contributed by atoms with Crippen LogP contribution in [0, 0.1) is 6.92 Å². The Hall–Kier alpha value is -2.95. The molecule has 5 nitrogen and oxygen atoms in total. The second kappa shape index (κ2) is 6.34. The minimum atomic E-state index is -0.744. The highest BCUT2D eigenvalue weighted by atomic mass is 16.1. The fraction of sp³-hybridized carbons (Fsp3) is 0.318. The number of rotatable bonds is 4. The Bertz CT molecular complexity index is 1030. The van der Waals surface area contributed by atoms with Crippen LogP contribution in [0.4, 0.5) is 0 Å². The Morgan fingerprint density at radius 3 is 2.63 bits per heavy atom. The molecule has 0 bridgehead atoms. The van der Waals surface area contributed by atoms with Gasteiger partial charge in [0.15, 0.2) is 5.78 Å². The van der Waals surface area contributed by atoms with Gasteiger partial charge in [-0.1, -0.05) is 11.6 Å². The van der Waals surface area contributed by atoms with Crippen molar-refractivity contribution in [2.24, 2.45) is 0 Å². The number of fused-ring (bicyclic) bond motifs is 3. The van der Waals surface area contributed by atoms with Crippen LogP contribution in [0.2, 0.25) is 0 Å². The van der Waals surface area contributed by atoms with Gasteiger partial charge in [0.1, 0.15) is 5.54 Å². The van der Waals surface area contributed by atoms with Crippen molar-refractivity contribution in [3.05, 3.63) is 65.1 Å². The van der Waals surface area contributed by atoms with Gasteiger partial charge in [-0.15, -0.1) is 0 Å². The molecule has 3 aromatic rings. The topological polar surface area (TPSA) is 55.2 Å². The first-order valence-electron chi connectivity index (χ1n) is 9.21. The first-order valence-corrected chi connectivity index (χ1v) is 9.21. The first-order chi connectivity index (χ1) is 12.9. The summed E-state index contributed by atoms with van der Waals surface area (Å²) in [5, 5.41) is 1.13. The van der Waals surface area contributed by atoms with Crippen LogP contribution in [0.1, 0.15) is 41.0 Å². The van der Waals surface area contributed by atoms with Crippen molar-refractivity contribution < 1.29 is 9.59 Å². The molecule has 27 heavy (non-hydrogen) atoms. The number of carbonyl (C=O) groups excluding carboxylic acids is 2. The van der Waals surface area contributed by atoms with Gasteiger partial charge in [-0.2, -0.15) is 0 Å². The van der Waals surface area contributed by atoms with Crippen LogP contribution in [0.25, 0.3) is 10.9 Å². The van der Waals surface area contributed by atoms with Gasteiger partial charge in [0.05, 0.1) is 0 Å². The van der Waals surface area contributed by atoms with Crippen molar-refractivity contribution in [3.8, 4) is 0 Å². The monoisotopic (exact) mass is 361 g/mol. The van der Waals surface area contributed by atoms with E-state index >= 15 is 0 Å². The van der Waals surface area contributed by atoms with E-state index in [4.69, 9.17) is 0 Å². The van der Waals surface area contributed by atoms with E-state index in [0.29, 0.717) is 18.7 Å². The van der Waals surface area contributed by atoms with E-state index in [1.807, 2.05) is 13.8 Å².